The summed E-state index contributed by atoms with van der Waals surface area (Å²) in [6, 6.07) is 5.66. The lowest BCUT2D eigenvalue weighted by Gasteiger charge is -2.29. The zero-order chi connectivity index (χ0) is 15.0. The van der Waals surface area contributed by atoms with Gasteiger partial charge in [-0.1, -0.05) is 12.1 Å². The molecule has 0 bridgehead atoms. The van der Waals surface area contributed by atoms with E-state index in [0.29, 0.717) is 5.56 Å². The summed E-state index contributed by atoms with van der Waals surface area (Å²) in [5.74, 6) is -0.136. The Morgan fingerprint density at radius 3 is 2.57 bits per heavy atom. The Bertz CT molecular complexity index is 706. The van der Waals surface area contributed by atoms with Gasteiger partial charge >= 0.3 is 5.97 Å². The minimum Gasteiger partial charge on any atom is -0.478 e. The van der Waals surface area contributed by atoms with Crippen molar-refractivity contribution in [2.24, 2.45) is 0 Å². The molecule has 0 radical (unpaired) electrons. The minimum atomic E-state index is -0.896. The summed E-state index contributed by atoms with van der Waals surface area (Å²) in [4.78, 5) is 18.5. The molecule has 2 N–H and O–H groups in total. The molecule has 1 aliphatic rings. The predicted octanol–water partition coefficient (Wildman–Crippen LogP) is 1.96. The number of aromatic carboxylic acids is 1. The molecule has 1 fully saturated rings. The van der Waals surface area contributed by atoms with Crippen LogP contribution in [0.25, 0.3) is 10.9 Å². The molecule has 0 atom stereocenters. The Hall–Kier alpha value is -2.14. The molecule has 0 aliphatic carbocycles. The second kappa shape index (κ2) is 5.33. The second-order valence-corrected chi connectivity index (χ2v) is 5.49. The first-order chi connectivity index (χ1) is 10.1. The molecule has 5 nitrogen and oxygen atoms in total. The Morgan fingerprint density at radius 2 is 1.90 bits per heavy atom. The zero-order valence-electron chi connectivity index (χ0n) is 12.3. The number of aromatic nitrogens is 1. The number of benzene rings is 1. The molecule has 1 aromatic carbocycles. The van der Waals surface area contributed by atoms with Crippen LogP contribution in [0, 0.1) is 13.8 Å². The van der Waals surface area contributed by atoms with Crippen LogP contribution in [-0.4, -0.2) is 42.2 Å². The molecule has 0 saturated carbocycles. The van der Waals surface area contributed by atoms with Crippen LogP contribution in [0.1, 0.15) is 21.5 Å². The van der Waals surface area contributed by atoms with Crippen LogP contribution in [0.2, 0.25) is 0 Å². The number of hydrogen-bond donors (Lipinski definition) is 2. The van der Waals surface area contributed by atoms with Crippen molar-refractivity contribution in [3.63, 3.8) is 0 Å². The van der Waals surface area contributed by atoms with Gasteiger partial charge in [-0.25, -0.2) is 9.78 Å². The van der Waals surface area contributed by atoms with Gasteiger partial charge in [-0.3, -0.25) is 0 Å². The third kappa shape index (κ3) is 2.45. The first-order valence-corrected chi connectivity index (χ1v) is 7.18. The standard InChI is InChI=1S/C16H19N3O2/c1-10-3-4-11(2)15-14(10)12(16(20)21)9-13(18-15)19-7-5-17-6-8-19/h3-4,9,17H,5-8H2,1-2H3,(H,20,21). The fraction of sp³-hybridized carbons (Fsp3) is 0.375. The number of carboxylic acid groups (broad SMARTS) is 1. The third-order valence-electron chi connectivity index (χ3n) is 4.03. The number of piperazine rings is 1. The Kier molecular flexibility index (Phi) is 3.51. The van der Waals surface area contributed by atoms with Crippen molar-refractivity contribution in [1.29, 1.82) is 0 Å². The smallest absolute Gasteiger partial charge is 0.336 e. The fourth-order valence-electron chi connectivity index (χ4n) is 2.85. The van der Waals surface area contributed by atoms with E-state index in [4.69, 9.17) is 4.98 Å². The zero-order valence-corrected chi connectivity index (χ0v) is 12.3. The van der Waals surface area contributed by atoms with E-state index in [1.807, 2.05) is 26.0 Å². The van der Waals surface area contributed by atoms with E-state index in [1.165, 1.54) is 0 Å². The number of carbonyl (C=O) groups is 1. The molecule has 1 saturated heterocycles. The molecule has 0 amide bonds. The van der Waals surface area contributed by atoms with Crippen LogP contribution in [0.3, 0.4) is 0 Å². The lowest BCUT2D eigenvalue weighted by atomic mass is 10.0. The third-order valence-corrected chi connectivity index (χ3v) is 4.03. The molecule has 1 aliphatic heterocycles. The largest absolute Gasteiger partial charge is 0.478 e. The number of rotatable bonds is 2. The molecule has 110 valence electrons. The van der Waals surface area contributed by atoms with Crippen molar-refractivity contribution in [2.45, 2.75) is 13.8 Å². The van der Waals surface area contributed by atoms with Gasteiger partial charge < -0.3 is 15.3 Å². The Morgan fingerprint density at radius 1 is 1.24 bits per heavy atom. The van der Waals surface area contributed by atoms with Crippen LogP contribution in [-0.2, 0) is 0 Å². The Labute approximate surface area is 123 Å². The molecule has 21 heavy (non-hydrogen) atoms. The normalized spacial score (nSPS) is 15.4. The van der Waals surface area contributed by atoms with Crippen molar-refractivity contribution in [2.75, 3.05) is 31.1 Å². The van der Waals surface area contributed by atoms with Gasteiger partial charge in [0, 0.05) is 31.6 Å². The molecular weight excluding hydrogens is 266 g/mol. The highest BCUT2D eigenvalue weighted by Crippen LogP contribution is 2.28. The summed E-state index contributed by atoms with van der Waals surface area (Å²) in [7, 11) is 0. The quantitative estimate of drug-likeness (QED) is 0.883. The van der Waals surface area contributed by atoms with Gasteiger partial charge in [0.25, 0.3) is 0 Å². The first-order valence-electron chi connectivity index (χ1n) is 7.18. The first kappa shape index (κ1) is 13.8. The summed E-state index contributed by atoms with van der Waals surface area (Å²) in [5.41, 5.74) is 3.10. The molecule has 0 unspecified atom stereocenters. The van der Waals surface area contributed by atoms with Crippen LogP contribution in [0.4, 0.5) is 5.82 Å². The maximum Gasteiger partial charge on any atom is 0.336 e. The number of aryl methyl sites for hydroxylation is 2. The number of nitrogens with zero attached hydrogens (tertiary/aromatic N) is 2. The van der Waals surface area contributed by atoms with Gasteiger partial charge in [-0.15, -0.1) is 0 Å². The number of hydrogen-bond acceptors (Lipinski definition) is 4. The molecular formula is C16H19N3O2. The van der Waals surface area contributed by atoms with Gasteiger partial charge in [0.15, 0.2) is 0 Å². The molecule has 5 heteroatoms. The molecule has 2 aromatic rings. The Balaban J connectivity index is 2.24. The van der Waals surface area contributed by atoms with E-state index in [0.717, 1.165) is 54.0 Å². The highest BCUT2D eigenvalue weighted by molar-refractivity contribution is 6.05. The van der Waals surface area contributed by atoms with Gasteiger partial charge in [0.1, 0.15) is 5.82 Å². The molecule has 0 spiro atoms. The summed E-state index contributed by atoms with van der Waals surface area (Å²) in [5, 5.41) is 13.6. The van der Waals surface area contributed by atoms with E-state index in [9.17, 15) is 9.90 Å². The molecule has 2 heterocycles. The average molecular weight is 285 g/mol. The van der Waals surface area contributed by atoms with Crippen molar-refractivity contribution in [1.82, 2.24) is 10.3 Å². The fourth-order valence-corrected chi connectivity index (χ4v) is 2.85. The van der Waals surface area contributed by atoms with Crippen molar-refractivity contribution < 1.29 is 9.90 Å². The van der Waals surface area contributed by atoms with Gasteiger partial charge in [0.05, 0.1) is 11.1 Å². The topological polar surface area (TPSA) is 65.5 Å². The SMILES string of the molecule is Cc1ccc(C)c2c(C(=O)O)cc(N3CCNCC3)nc12. The van der Waals surface area contributed by atoms with Crippen LogP contribution in [0.15, 0.2) is 18.2 Å². The summed E-state index contributed by atoms with van der Waals surface area (Å²) in [6.07, 6.45) is 0. The van der Waals surface area contributed by atoms with Crippen molar-refractivity contribution >= 4 is 22.7 Å². The van der Waals surface area contributed by atoms with Gasteiger partial charge in [-0.2, -0.15) is 0 Å². The van der Waals surface area contributed by atoms with Crippen LogP contribution < -0.4 is 10.2 Å². The van der Waals surface area contributed by atoms with E-state index in [1.54, 1.807) is 6.07 Å². The molecule has 3 rings (SSSR count). The highest BCUT2D eigenvalue weighted by atomic mass is 16.4. The van der Waals surface area contributed by atoms with E-state index in [-0.39, 0.29) is 0 Å². The van der Waals surface area contributed by atoms with E-state index in [2.05, 4.69) is 10.2 Å². The van der Waals surface area contributed by atoms with E-state index < -0.39 is 5.97 Å². The number of nitrogens with one attached hydrogen (secondary N) is 1. The lowest BCUT2D eigenvalue weighted by Crippen LogP contribution is -2.44. The number of carboxylic acids is 1. The van der Waals surface area contributed by atoms with Crippen LogP contribution in [0.5, 0.6) is 0 Å². The molecule has 1 aromatic heterocycles. The monoisotopic (exact) mass is 285 g/mol. The average Bonchev–Trinajstić information content (AvgIpc) is 2.51. The van der Waals surface area contributed by atoms with Gasteiger partial charge in [0.2, 0.25) is 0 Å². The van der Waals surface area contributed by atoms with Crippen molar-refractivity contribution in [3.05, 3.63) is 34.9 Å². The van der Waals surface area contributed by atoms with Crippen molar-refractivity contribution in [3.8, 4) is 0 Å². The summed E-state index contributed by atoms with van der Waals surface area (Å²) < 4.78 is 0. The summed E-state index contributed by atoms with van der Waals surface area (Å²) >= 11 is 0. The maximum absolute atomic E-state index is 11.7. The van der Waals surface area contributed by atoms with E-state index >= 15 is 0 Å². The summed E-state index contributed by atoms with van der Waals surface area (Å²) in [6.45, 7) is 7.40. The second-order valence-electron chi connectivity index (χ2n) is 5.49. The number of fused-ring (bicyclic) bond motifs is 1. The number of anilines is 1. The lowest BCUT2D eigenvalue weighted by molar-refractivity contribution is 0.0699. The predicted molar refractivity (Wildman–Crippen MR) is 83.3 cm³/mol. The van der Waals surface area contributed by atoms with Gasteiger partial charge in [-0.05, 0) is 31.0 Å². The minimum absolute atomic E-state index is 0.342. The number of pyridine rings is 1. The highest BCUT2D eigenvalue weighted by Gasteiger charge is 2.19. The van der Waals surface area contributed by atoms with Crippen LogP contribution >= 0.6 is 0 Å². The maximum atomic E-state index is 11.7.